The van der Waals surface area contributed by atoms with E-state index in [1.165, 1.54) is 16.2 Å². The van der Waals surface area contributed by atoms with Gasteiger partial charge in [0.25, 0.3) is 0 Å². The molecule has 1 aliphatic carbocycles. The van der Waals surface area contributed by atoms with Gasteiger partial charge in [-0.3, -0.25) is 9.69 Å². The Hall–Kier alpha value is -1.03. The van der Waals surface area contributed by atoms with Crippen molar-refractivity contribution >= 4 is 32.4 Å². The van der Waals surface area contributed by atoms with Crippen molar-refractivity contribution in [3.8, 4) is 0 Å². The summed E-state index contributed by atoms with van der Waals surface area (Å²) in [5.74, 6) is -0.237. The Kier molecular flexibility index (Phi) is 3.32. The van der Waals surface area contributed by atoms with Crippen LogP contribution in [-0.2, 0) is 27.7 Å². The zero-order chi connectivity index (χ0) is 14.5. The molecule has 0 spiro atoms. The Morgan fingerprint density at radius 1 is 1.35 bits per heavy atom. The Morgan fingerprint density at radius 2 is 2.10 bits per heavy atom. The van der Waals surface area contributed by atoms with E-state index in [0.29, 0.717) is 5.13 Å². The van der Waals surface area contributed by atoms with Crippen LogP contribution in [0.3, 0.4) is 0 Å². The highest BCUT2D eigenvalue weighted by atomic mass is 32.2. The summed E-state index contributed by atoms with van der Waals surface area (Å²) in [7, 11) is -3.69. The Labute approximate surface area is 121 Å². The lowest BCUT2D eigenvalue weighted by atomic mass is 9.99. The molecule has 1 amide bonds. The lowest BCUT2D eigenvalue weighted by molar-refractivity contribution is -0.117. The van der Waals surface area contributed by atoms with E-state index in [-0.39, 0.29) is 24.9 Å². The summed E-state index contributed by atoms with van der Waals surface area (Å²) >= 11 is 1.43. The molecule has 3 rings (SSSR count). The molecular formula is C11H16N4O3S2. The van der Waals surface area contributed by atoms with Gasteiger partial charge in [0.05, 0.1) is 5.69 Å². The van der Waals surface area contributed by atoms with Gasteiger partial charge in [-0.15, -0.1) is 11.3 Å². The molecule has 1 unspecified atom stereocenters. The summed E-state index contributed by atoms with van der Waals surface area (Å²) in [5.41, 5.74) is 6.91. The zero-order valence-electron chi connectivity index (χ0n) is 10.8. The van der Waals surface area contributed by atoms with Crippen molar-refractivity contribution in [1.82, 2.24) is 4.98 Å². The minimum absolute atomic E-state index is 0.0669. The van der Waals surface area contributed by atoms with Crippen LogP contribution in [0.1, 0.15) is 23.4 Å². The van der Waals surface area contributed by atoms with E-state index in [0.717, 1.165) is 29.8 Å². The fraction of sp³-hybridized carbons (Fsp3) is 0.636. The number of thiazole rings is 1. The van der Waals surface area contributed by atoms with Crippen LogP contribution in [0.2, 0.25) is 0 Å². The van der Waals surface area contributed by atoms with Gasteiger partial charge >= 0.3 is 0 Å². The first-order valence-electron chi connectivity index (χ1n) is 6.40. The number of carbonyl (C=O) groups excluding carboxylic acids is 1. The molecule has 0 saturated carbocycles. The minimum atomic E-state index is -3.69. The molecule has 0 radical (unpaired) electrons. The van der Waals surface area contributed by atoms with Gasteiger partial charge < -0.3 is 5.73 Å². The second-order valence-electron chi connectivity index (χ2n) is 5.29. The number of nitrogens with zero attached hydrogens (tertiary/aromatic N) is 2. The van der Waals surface area contributed by atoms with Crippen LogP contribution in [0.15, 0.2) is 0 Å². The van der Waals surface area contributed by atoms with Gasteiger partial charge in [-0.25, -0.2) is 18.5 Å². The first kappa shape index (κ1) is 13.9. The molecule has 9 heteroatoms. The fourth-order valence-electron chi connectivity index (χ4n) is 2.58. The van der Waals surface area contributed by atoms with Crippen molar-refractivity contribution < 1.29 is 13.2 Å². The van der Waals surface area contributed by atoms with Crippen LogP contribution in [-0.4, -0.2) is 37.1 Å². The predicted octanol–water partition coefficient (Wildman–Crippen LogP) is -0.647. The molecule has 1 aromatic rings. The molecule has 20 heavy (non-hydrogen) atoms. The van der Waals surface area contributed by atoms with E-state index in [1.54, 1.807) is 0 Å². The van der Waals surface area contributed by atoms with Gasteiger partial charge in [-0.2, -0.15) is 0 Å². The van der Waals surface area contributed by atoms with Crippen molar-refractivity contribution in [2.24, 2.45) is 10.9 Å². The van der Waals surface area contributed by atoms with Crippen LogP contribution >= 0.6 is 11.3 Å². The third-order valence-corrected chi connectivity index (χ3v) is 6.14. The van der Waals surface area contributed by atoms with Gasteiger partial charge in [-0.05, 0) is 19.3 Å². The van der Waals surface area contributed by atoms with Crippen LogP contribution in [0.5, 0.6) is 0 Å². The lowest BCUT2D eigenvalue weighted by Gasteiger charge is -2.15. The summed E-state index contributed by atoms with van der Waals surface area (Å²) in [6.07, 6.45) is 2.41. The van der Waals surface area contributed by atoms with Gasteiger partial charge in [0, 0.05) is 23.9 Å². The van der Waals surface area contributed by atoms with E-state index in [1.807, 2.05) is 0 Å². The average molecular weight is 316 g/mol. The van der Waals surface area contributed by atoms with Crippen molar-refractivity contribution in [2.75, 3.05) is 11.4 Å². The SMILES string of the molecule is N[C@H]1CCc2nc(N3CC(S(N)(=O)=O)CC3=O)sc2C1. The molecule has 1 fully saturated rings. The molecule has 2 atom stereocenters. The number of hydrogen-bond acceptors (Lipinski definition) is 6. The number of aryl methyl sites for hydroxylation is 1. The molecule has 1 saturated heterocycles. The van der Waals surface area contributed by atoms with Crippen molar-refractivity contribution in [3.63, 3.8) is 0 Å². The van der Waals surface area contributed by atoms with E-state index in [2.05, 4.69) is 4.98 Å². The van der Waals surface area contributed by atoms with E-state index in [4.69, 9.17) is 10.9 Å². The van der Waals surface area contributed by atoms with Gasteiger partial charge in [0.1, 0.15) is 5.25 Å². The number of carbonyl (C=O) groups is 1. The fourth-order valence-corrected chi connectivity index (χ4v) is 4.54. The molecule has 110 valence electrons. The largest absolute Gasteiger partial charge is 0.327 e. The van der Waals surface area contributed by atoms with Crippen molar-refractivity contribution in [1.29, 1.82) is 0 Å². The number of anilines is 1. The first-order chi connectivity index (χ1) is 9.34. The number of sulfonamides is 1. The number of fused-ring (bicyclic) bond motifs is 1. The zero-order valence-corrected chi connectivity index (χ0v) is 12.4. The molecule has 1 aromatic heterocycles. The molecule has 0 bridgehead atoms. The predicted molar refractivity (Wildman–Crippen MR) is 76.0 cm³/mol. The molecule has 0 aromatic carbocycles. The third kappa shape index (κ3) is 2.46. The average Bonchev–Trinajstić information content (AvgIpc) is 2.90. The van der Waals surface area contributed by atoms with Crippen LogP contribution in [0.4, 0.5) is 5.13 Å². The molecule has 7 nitrogen and oxygen atoms in total. The molecular weight excluding hydrogens is 300 g/mol. The smallest absolute Gasteiger partial charge is 0.230 e. The lowest BCUT2D eigenvalue weighted by Crippen LogP contribution is -2.32. The first-order valence-corrected chi connectivity index (χ1v) is 8.83. The quantitative estimate of drug-likeness (QED) is 0.751. The highest BCUT2D eigenvalue weighted by Crippen LogP contribution is 2.34. The highest BCUT2D eigenvalue weighted by Gasteiger charge is 2.39. The number of nitrogens with two attached hydrogens (primary N) is 2. The summed E-state index contributed by atoms with van der Waals surface area (Å²) < 4.78 is 22.7. The van der Waals surface area contributed by atoms with E-state index < -0.39 is 15.3 Å². The van der Waals surface area contributed by atoms with Crippen molar-refractivity contribution in [3.05, 3.63) is 10.6 Å². The number of primary sulfonamides is 1. The van der Waals surface area contributed by atoms with Crippen LogP contribution in [0.25, 0.3) is 0 Å². The van der Waals surface area contributed by atoms with Crippen molar-refractivity contribution in [2.45, 2.75) is 37.0 Å². The molecule has 1 aliphatic heterocycles. The summed E-state index contributed by atoms with van der Waals surface area (Å²) in [5, 5.41) is 4.85. The summed E-state index contributed by atoms with van der Waals surface area (Å²) in [4.78, 5) is 19.0. The Morgan fingerprint density at radius 3 is 2.75 bits per heavy atom. The van der Waals surface area contributed by atoms with E-state index >= 15 is 0 Å². The number of hydrogen-bond donors (Lipinski definition) is 2. The minimum Gasteiger partial charge on any atom is -0.327 e. The Bertz CT molecular complexity index is 655. The third-order valence-electron chi connectivity index (χ3n) is 3.75. The monoisotopic (exact) mass is 316 g/mol. The van der Waals surface area contributed by atoms with Crippen LogP contribution in [0, 0.1) is 0 Å². The maximum absolute atomic E-state index is 12.0. The number of aromatic nitrogens is 1. The Balaban J connectivity index is 1.86. The second-order valence-corrected chi connectivity index (χ2v) is 8.20. The van der Waals surface area contributed by atoms with Gasteiger partial charge in [0.15, 0.2) is 5.13 Å². The normalized spacial score (nSPS) is 26.9. The second kappa shape index (κ2) is 4.76. The maximum atomic E-state index is 12.0. The number of rotatable bonds is 2. The van der Waals surface area contributed by atoms with Gasteiger partial charge in [-0.1, -0.05) is 0 Å². The van der Waals surface area contributed by atoms with Crippen LogP contribution < -0.4 is 15.8 Å². The molecule has 2 aliphatic rings. The molecule has 2 heterocycles. The molecule has 4 N–H and O–H groups in total. The summed E-state index contributed by atoms with van der Waals surface area (Å²) in [6, 6.07) is 0.141. The van der Waals surface area contributed by atoms with E-state index in [9.17, 15) is 13.2 Å². The summed E-state index contributed by atoms with van der Waals surface area (Å²) in [6.45, 7) is 0.0934. The maximum Gasteiger partial charge on any atom is 0.230 e. The van der Waals surface area contributed by atoms with Gasteiger partial charge in [0.2, 0.25) is 15.9 Å². The number of amides is 1. The standard InChI is InChI=1S/C11H16N4O3S2/c12-6-1-2-8-9(3-6)19-11(14-8)15-5-7(4-10(15)16)20(13,17)18/h6-7H,1-5,12H2,(H2,13,17,18)/t6-,7?/m0/s1. The topological polar surface area (TPSA) is 119 Å². The highest BCUT2D eigenvalue weighted by molar-refractivity contribution is 7.89.